The summed E-state index contributed by atoms with van der Waals surface area (Å²) < 4.78 is 48.3. The molecule has 36 heavy (non-hydrogen) atoms. The van der Waals surface area contributed by atoms with Crippen LogP contribution in [0.2, 0.25) is 0 Å². The van der Waals surface area contributed by atoms with Crippen molar-refractivity contribution in [1.29, 1.82) is 0 Å². The molecule has 1 amide bonds. The number of benzene rings is 2. The number of sulfonamides is 1. The number of hydrogen-bond donors (Lipinski definition) is 1. The number of fused-ring (bicyclic) bond motifs is 1. The zero-order valence-electron chi connectivity index (χ0n) is 21.2. The van der Waals surface area contributed by atoms with Crippen LogP contribution in [0.3, 0.4) is 0 Å². The Hall–Kier alpha value is -2.93. The van der Waals surface area contributed by atoms with Gasteiger partial charge in [-0.15, -0.1) is 0 Å². The minimum Gasteiger partial charge on any atom is -0.487 e. The van der Waals surface area contributed by atoms with Crippen LogP contribution in [0, 0.1) is 29.5 Å². The highest BCUT2D eigenvalue weighted by atomic mass is 32.2. The smallest absolute Gasteiger partial charge is 0.253 e. The summed E-state index contributed by atoms with van der Waals surface area (Å²) in [5, 5.41) is 9.78. The van der Waals surface area contributed by atoms with Crippen LogP contribution < -0.4 is 4.74 Å². The minimum absolute atomic E-state index is 0.0195. The second-order valence-corrected chi connectivity index (χ2v) is 11.4. The molecule has 1 aliphatic rings. The van der Waals surface area contributed by atoms with Crippen LogP contribution in [-0.4, -0.2) is 67.5 Å². The summed E-state index contributed by atoms with van der Waals surface area (Å²) in [6.07, 6.45) is -0.580. The molecule has 3 atom stereocenters. The van der Waals surface area contributed by atoms with Crippen LogP contribution >= 0.6 is 0 Å². The van der Waals surface area contributed by atoms with Crippen molar-refractivity contribution in [2.24, 2.45) is 11.8 Å². The number of rotatable bonds is 5. The van der Waals surface area contributed by atoms with E-state index in [0.717, 1.165) is 0 Å². The van der Waals surface area contributed by atoms with Gasteiger partial charge in [0.05, 0.1) is 13.2 Å². The van der Waals surface area contributed by atoms with Crippen LogP contribution in [-0.2, 0) is 10.0 Å². The van der Waals surface area contributed by atoms with Crippen molar-refractivity contribution >= 4 is 15.9 Å². The Bertz CT molecular complexity index is 1270. The first-order chi connectivity index (χ1) is 16.9. The number of amides is 1. The molecule has 1 aliphatic heterocycles. The summed E-state index contributed by atoms with van der Waals surface area (Å²) in [6.45, 7) is 7.28. The number of aliphatic hydroxyl groups excluding tert-OH is 1. The molecule has 2 aromatic carbocycles. The Kier molecular flexibility index (Phi) is 8.77. The lowest BCUT2D eigenvalue weighted by molar-refractivity contribution is 0.0563. The van der Waals surface area contributed by atoms with Gasteiger partial charge in [-0.2, -0.15) is 4.31 Å². The van der Waals surface area contributed by atoms with Gasteiger partial charge in [0.1, 0.15) is 22.6 Å². The zero-order valence-corrected chi connectivity index (χ0v) is 22.0. The number of aliphatic hydroxyl groups is 1. The molecule has 7 nitrogen and oxygen atoms in total. The molecule has 0 aromatic heterocycles. The first kappa shape index (κ1) is 27.7. The number of carbonyl (C=O) groups is 1. The van der Waals surface area contributed by atoms with E-state index in [1.54, 1.807) is 26.1 Å². The number of likely N-dealkylation sites (N-methyl/N-ethyl adjacent to an activating group) is 1. The van der Waals surface area contributed by atoms with E-state index in [1.165, 1.54) is 39.5 Å². The molecule has 3 rings (SSSR count). The summed E-state index contributed by atoms with van der Waals surface area (Å²) >= 11 is 0. The quantitative estimate of drug-likeness (QED) is 0.616. The summed E-state index contributed by atoms with van der Waals surface area (Å²) in [6, 6.07) is 9.51. The maximum atomic E-state index is 13.7. The van der Waals surface area contributed by atoms with Crippen molar-refractivity contribution in [1.82, 2.24) is 9.21 Å². The van der Waals surface area contributed by atoms with E-state index in [4.69, 9.17) is 4.74 Å². The van der Waals surface area contributed by atoms with E-state index < -0.39 is 28.0 Å². The molecule has 0 unspecified atom stereocenters. The lowest BCUT2D eigenvalue weighted by atomic mass is 10.0. The molecule has 0 aliphatic carbocycles. The van der Waals surface area contributed by atoms with Gasteiger partial charge in [-0.25, -0.2) is 12.8 Å². The van der Waals surface area contributed by atoms with Gasteiger partial charge in [0.2, 0.25) is 10.0 Å². The van der Waals surface area contributed by atoms with E-state index >= 15 is 0 Å². The predicted molar refractivity (Wildman–Crippen MR) is 136 cm³/mol. The van der Waals surface area contributed by atoms with Gasteiger partial charge >= 0.3 is 0 Å². The van der Waals surface area contributed by atoms with E-state index in [-0.39, 0.29) is 53.6 Å². The Balaban J connectivity index is 2.02. The number of halogens is 1. The molecule has 2 aromatic rings. The average molecular weight is 517 g/mol. The summed E-state index contributed by atoms with van der Waals surface area (Å²) in [5.74, 6) is 5.15. The zero-order chi connectivity index (χ0) is 26.6. The number of nitrogens with zero attached hydrogens (tertiary/aromatic N) is 2. The molecule has 1 heterocycles. The second kappa shape index (κ2) is 11.4. The van der Waals surface area contributed by atoms with Crippen molar-refractivity contribution in [2.75, 3.05) is 26.7 Å². The molecule has 0 bridgehead atoms. The maximum Gasteiger partial charge on any atom is 0.253 e. The number of ether oxygens (including phenoxy) is 1. The first-order valence-corrected chi connectivity index (χ1v) is 13.3. The van der Waals surface area contributed by atoms with Gasteiger partial charge in [-0.1, -0.05) is 38.7 Å². The van der Waals surface area contributed by atoms with Crippen molar-refractivity contribution in [3.8, 4) is 17.6 Å². The normalized spacial score (nSPS) is 20.2. The third-order valence-corrected chi connectivity index (χ3v) is 8.06. The largest absolute Gasteiger partial charge is 0.487 e. The van der Waals surface area contributed by atoms with E-state index in [2.05, 4.69) is 11.8 Å². The van der Waals surface area contributed by atoms with E-state index in [0.29, 0.717) is 5.56 Å². The monoisotopic (exact) mass is 516 g/mol. The molecular formula is C27H33FN2O5S. The first-order valence-electron chi connectivity index (χ1n) is 11.9. The SMILES string of the molecule is CC(C)C#Cc1ccc2c(c1)O[C@@H](CN(C)C(=O)c1cccc(F)c1)[C@@H](C)CN([C@@H](C)CO)S2(=O)=O. The van der Waals surface area contributed by atoms with E-state index in [1.807, 2.05) is 20.8 Å². The third-order valence-electron chi connectivity index (χ3n) is 6.04. The summed E-state index contributed by atoms with van der Waals surface area (Å²) in [7, 11) is -2.38. The predicted octanol–water partition coefficient (Wildman–Crippen LogP) is 3.37. The van der Waals surface area contributed by atoms with Crippen LogP contribution in [0.4, 0.5) is 4.39 Å². The Labute approximate surface area is 212 Å². The van der Waals surface area contributed by atoms with Crippen LogP contribution in [0.25, 0.3) is 0 Å². The highest BCUT2D eigenvalue weighted by molar-refractivity contribution is 7.89. The van der Waals surface area contributed by atoms with Crippen LogP contribution in [0.1, 0.15) is 43.6 Å². The average Bonchev–Trinajstić information content (AvgIpc) is 2.83. The van der Waals surface area contributed by atoms with Crippen LogP contribution in [0.15, 0.2) is 47.4 Å². The number of carbonyl (C=O) groups excluding carboxylic acids is 1. The Morgan fingerprint density at radius 1 is 1.25 bits per heavy atom. The van der Waals surface area contributed by atoms with Gasteiger partial charge in [0, 0.05) is 42.6 Å². The molecule has 0 saturated heterocycles. The highest BCUT2D eigenvalue weighted by Gasteiger charge is 2.38. The van der Waals surface area contributed by atoms with Gasteiger partial charge in [-0.05, 0) is 43.3 Å². The fourth-order valence-corrected chi connectivity index (χ4v) is 5.77. The fourth-order valence-electron chi connectivity index (χ4n) is 3.94. The lowest BCUT2D eigenvalue weighted by Gasteiger charge is -2.37. The van der Waals surface area contributed by atoms with Gasteiger partial charge in [0.25, 0.3) is 5.91 Å². The second-order valence-electron chi connectivity index (χ2n) is 9.52. The minimum atomic E-state index is -3.97. The van der Waals surface area contributed by atoms with Crippen molar-refractivity contribution in [3.63, 3.8) is 0 Å². The van der Waals surface area contributed by atoms with Crippen molar-refractivity contribution in [3.05, 3.63) is 59.4 Å². The highest BCUT2D eigenvalue weighted by Crippen LogP contribution is 2.34. The van der Waals surface area contributed by atoms with Crippen molar-refractivity contribution in [2.45, 2.75) is 44.7 Å². The van der Waals surface area contributed by atoms with Crippen LogP contribution in [0.5, 0.6) is 5.75 Å². The summed E-state index contributed by atoms with van der Waals surface area (Å²) in [4.78, 5) is 14.4. The molecular weight excluding hydrogens is 483 g/mol. The fraction of sp³-hybridized carbons (Fsp3) is 0.444. The van der Waals surface area contributed by atoms with Gasteiger partial charge in [-0.3, -0.25) is 4.79 Å². The molecule has 0 saturated carbocycles. The molecule has 0 radical (unpaired) electrons. The third kappa shape index (κ3) is 6.25. The Morgan fingerprint density at radius 3 is 2.61 bits per heavy atom. The van der Waals surface area contributed by atoms with E-state index in [9.17, 15) is 22.7 Å². The topological polar surface area (TPSA) is 87.2 Å². The van der Waals surface area contributed by atoms with Gasteiger partial charge in [0.15, 0.2) is 0 Å². The van der Waals surface area contributed by atoms with Crippen molar-refractivity contribution < 1.29 is 27.4 Å². The maximum absolute atomic E-state index is 13.7. The summed E-state index contributed by atoms with van der Waals surface area (Å²) in [5.41, 5.74) is 0.816. The molecule has 9 heteroatoms. The van der Waals surface area contributed by atoms with Gasteiger partial charge < -0.3 is 14.7 Å². The standard InChI is InChI=1S/C27H33FN2O5S/c1-18(2)9-10-21-11-12-26-24(13-21)35-25(19(3)15-30(20(4)17-31)36(26,33)34)16-29(5)27(32)22-7-6-8-23(28)14-22/h6-8,11-14,18-20,25,31H,15-17H2,1-5H3/t19-,20-,25-/m0/s1. The Morgan fingerprint density at radius 2 is 1.97 bits per heavy atom. The molecule has 194 valence electrons. The lowest BCUT2D eigenvalue weighted by Crippen LogP contribution is -2.50. The number of hydrogen-bond acceptors (Lipinski definition) is 5. The molecule has 0 fully saturated rings. The molecule has 0 spiro atoms. The molecule has 1 N–H and O–H groups in total.